The molecule has 0 saturated heterocycles. The highest BCUT2D eigenvalue weighted by Crippen LogP contribution is 2.59. The zero-order chi connectivity index (χ0) is 30.3. The Labute approximate surface area is 260 Å². The molecule has 43 heavy (non-hydrogen) atoms. The van der Waals surface area contributed by atoms with Crippen molar-refractivity contribution in [3.8, 4) is 0 Å². The molecule has 1 unspecified atom stereocenters. The fourth-order valence-corrected chi connectivity index (χ4v) is 13.9. The Balaban J connectivity index is 1.49. The van der Waals surface area contributed by atoms with E-state index in [-0.39, 0.29) is 16.4 Å². The van der Waals surface area contributed by atoms with Crippen molar-refractivity contribution < 1.29 is 9.84 Å². The Bertz CT molecular complexity index is 1470. The van der Waals surface area contributed by atoms with Gasteiger partial charge in [0.1, 0.15) is 8.07 Å². The Morgan fingerprint density at radius 1 is 0.767 bits per heavy atom. The Morgan fingerprint density at radius 2 is 1.30 bits per heavy atom. The van der Waals surface area contributed by atoms with Crippen molar-refractivity contribution in [2.24, 2.45) is 11.8 Å². The Morgan fingerprint density at radius 3 is 1.88 bits per heavy atom. The summed E-state index contributed by atoms with van der Waals surface area (Å²) in [5.74, 6) is 0.293. The maximum atomic E-state index is 12.1. The first-order valence-electron chi connectivity index (χ1n) is 16.2. The molecule has 0 aromatic heterocycles. The molecule has 0 heterocycles. The first kappa shape index (κ1) is 30.1. The standard InChI is InChI=1S/C40H48O2Si/c1-38(2,3)43(32-20-11-7-12-21-32,33-22-13-8-14-23-33)29-42-40(5)35(37(41)31-18-9-6-10-19-31)27-28-39(4)34-24-16-15-17-30(34)25-26-36(39)40/h6-24,35-37,41H,25-29H2,1-5H3/t35-,36+,37?,39+,40-/m0/s1. The quantitative estimate of drug-likeness (QED) is 0.222. The van der Waals surface area contributed by atoms with Crippen LogP contribution in [0.4, 0.5) is 0 Å². The summed E-state index contributed by atoms with van der Waals surface area (Å²) >= 11 is 0. The summed E-state index contributed by atoms with van der Waals surface area (Å²) in [5.41, 5.74) is 3.45. The summed E-state index contributed by atoms with van der Waals surface area (Å²) < 4.78 is 7.68. The van der Waals surface area contributed by atoms with Crippen LogP contribution in [0, 0.1) is 11.8 Å². The Hall–Kier alpha value is -2.98. The van der Waals surface area contributed by atoms with Crippen LogP contribution in [-0.2, 0) is 16.6 Å². The van der Waals surface area contributed by atoms with Crippen molar-refractivity contribution in [3.05, 3.63) is 132 Å². The summed E-state index contributed by atoms with van der Waals surface area (Å²) in [6, 6.07) is 41.7. The molecule has 1 saturated carbocycles. The van der Waals surface area contributed by atoms with Gasteiger partial charge in [0.15, 0.2) is 0 Å². The molecule has 224 valence electrons. The number of aryl methyl sites for hydroxylation is 1. The fourth-order valence-electron chi connectivity index (χ4n) is 9.02. The summed E-state index contributed by atoms with van der Waals surface area (Å²) in [7, 11) is -2.48. The second-order valence-corrected chi connectivity index (χ2v) is 19.3. The van der Waals surface area contributed by atoms with Crippen molar-refractivity contribution in [2.45, 2.75) is 82.5 Å². The lowest BCUT2D eigenvalue weighted by Crippen LogP contribution is -2.70. The van der Waals surface area contributed by atoms with Crippen LogP contribution >= 0.6 is 0 Å². The van der Waals surface area contributed by atoms with Gasteiger partial charge in [0, 0.05) is 12.1 Å². The highest BCUT2D eigenvalue weighted by molar-refractivity contribution is 7.04. The zero-order valence-corrected chi connectivity index (χ0v) is 27.6. The van der Waals surface area contributed by atoms with Crippen molar-refractivity contribution in [3.63, 3.8) is 0 Å². The first-order valence-corrected chi connectivity index (χ1v) is 18.4. The summed E-state index contributed by atoms with van der Waals surface area (Å²) in [4.78, 5) is 0. The molecule has 0 aliphatic heterocycles. The van der Waals surface area contributed by atoms with Gasteiger partial charge in [0.05, 0.1) is 11.7 Å². The van der Waals surface area contributed by atoms with Crippen LogP contribution in [0.15, 0.2) is 115 Å². The van der Waals surface area contributed by atoms with Gasteiger partial charge in [-0.2, -0.15) is 0 Å². The van der Waals surface area contributed by atoms with E-state index in [1.807, 2.05) is 18.2 Å². The molecule has 2 aliphatic carbocycles. The van der Waals surface area contributed by atoms with Crippen LogP contribution in [0.25, 0.3) is 0 Å². The number of aliphatic hydroxyl groups excluding tert-OH is 1. The largest absolute Gasteiger partial charge is 0.388 e. The maximum Gasteiger partial charge on any atom is 0.150 e. The van der Waals surface area contributed by atoms with E-state index in [1.54, 1.807) is 0 Å². The van der Waals surface area contributed by atoms with Crippen LogP contribution in [0.1, 0.15) is 76.7 Å². The lowest BCUT2D eigenvalue weighted by atomic mass is 9.50. The van der Waals surface area contributed by atoms with Gasteiger partial charge in [0.25, 0.3) is 0 Å². The molecule has 5 atom stereocenters. The lowest BCUT2D eigenvalue weighted by molar-refractivity contribution is -0.176. The van der Waals surface area contributed by atoms with Gasteiger partial charge in [-0.25, -0.2) is 0 Å². The molecule has 0 radical (unpaired) electrons. The predicted molar refractivity (Wildman–Crippen MR) is 182 cm³/mol. The molecule has 4 aromatic carbocycles. The second-order valence-electron chi connectivity index (χ2n) is 14.5. The van der Waals surface area contributed by atoms with E-state index in [1.165, 1.54) is 21.5 Å². The predicted octanol–water partition coefficient (Wildman–Crippen LogP) is 8.03. The molecule has 2 nitrogen and oxygen atoms in total. The fraction of sp³-hybridized carbons (Fsp3) is 0.400. The van der Waals surface area contributed by atoms with Gasteiger partial charge < -0.3 is 9.84 Å². The number of hydrogen-bond donors (Lipinski definition) is 1. The van der Waals surface area contributed by atoms with Crippen molar-refractivity contribution in [1.29, 1.82) is 0 Å². The van der Waals surface area contributed by atoms with Crippen LogP contribution in [0.5, 0.6) is 0 Å². The number of hydrogen-bond acceptors (Lipinski definition) is 2. The van der Waals surface area contributed by atoms with E-state index in [4.69, 9.17) is 4.74 Å². The lowest BCUT2D eigenvalue weighted by Gasteiger charge is -2.60. The highest BCUT2D eigenvalue weighted by Gasteiger charge is 2.59. The normalized spacial score (nSPS) is 26.3. The highest BCUT2D eigenvalue weighted by atomic mass is 28.3. The first-order chi connectivity index (χ1) is 20.6. The minimum atomic E-state index is -2.48. The number of aliphatic hydroxyl groups is 1. The van der Waals surface area contributed by atoms with E-state index in [0.29, 0.717) is 12.1 Å². The third kappa shape index (κ3) is 5.04. The van der Waals surface area contributed by atoms with Crippen LogP contribution in [0.2, 0.25) is 5.04 Å². The summed E-state index contributed by atoms with van der Waals surface area (Å²) in [5, 5.41) is 14.9. The molecule has 4 aromatic rings. The van der Waals surface area contributed by atoms with Gasteiger partial charge in [0.2, 0.25) is 0 Å². The molecule has 1 fully saturated rings. The minimum Gasteiger partial charge on any atom is -0.388 e. The summed E-state index contributed by atoms with van der Waals surface area (Å²) in [6.07, 6.45) is 4.21. The third-order valence-corrected chi connectivity index (χ3v) is 17.2. The van der Waals surface area contributed by atoms with E-state index in [9.17, 15) is 5.11 Å². The smallest absolute Gasteiger partial charge is 0.150 e. The summed E-state index contributed by atoms with van der Waals surface area (Å²) in [6.45, 7) is 12.1. The van der Waals surface area contributed by atoms with Crippen LogP contribution in [0.3, 0.4) is 0 Å². The van der Waals surface area contributed by atoms with Crippen LogP contribution in [-0.4, -0.2) is 25.0 Å². The van der Waals surface area contributed by atoms with Gasteiger partial charge in [-0.3, -0.25) is 0 Å². The number of fused-ring (bicyclic) bond motifs is 3. The maximum absolute atomic E-state index is 12.1. The number of rotatable bonds is 7. The Kier molecular flexibility index (Phi) is 8.04. The van der Waals surface area contributed by atoms with E-state index < -0.39 is 19.8 Å². The van der Waals surface area contributed by atoms with Gasteiger partial charge >= 0.3 is 0 Å². The van der Waals surface area contributed by atoms with Crippen molar-refractivity contribution in [1.82, 2.24) is 0 Å². The molecule has 0 amide bonds. The van der Waals surface area contributed by atoms with Crippen molar-refractivity contribution in [2.75, 3.05) is 6.23 Å². The second kappa shape index (κ2) is 11.5. The van der Waals surface area contributed by atoms with E-state index >= 15 is 0 Å². The SMILES string of the molecule is CC(C)(C)[Si](CO[C@@]1(C)[C@H](C(O)c2ccccc2)CC[C@]2(C)c3ccccc3CC[C@@H]12)(c1ccccc1)c1ccccc1. The molecule has 1 N–H and O–H groups in total. The van der Waals surface area contributed by atoms with E-state index in [0.717, 1.165) is 31.2 Å². The average Bonchev–Trinajstić information content (AvgIpc) is 3.02. The number of ether oxygens (including phenoxy) is 1. The zero-order valence-electron chi connectivity index (χ0n) is 26.6. The molecule has 2 aliphatic rings. The molecule has 3 heteroatoms. The topological polar surface area (TPSA) is 29.5 Å². The monoisotopic (exact) mass is 588 g/mol. The van der Waals surface area contributed by atoms with E-state index in [2.05, 4.69) is 132 Å². The minimum absolute atomic E-state index is 0.00193. The number of benzene rings is 4. The molecule has 0 bridgehead atoms. The molecular formula is C40H48O2Si. The van der Waals surface area contributed by atoms with Crippen LogP contribution < -0.4 is 10.4 Å². The molecule has 0 spiro atoms. The third-order valence-electron chi connectivity index (χ3n) is 11.4. The average molecular weight is 589 g/mol. The van der Waals surface area contributed by atoms with Gasteiger partial charge in [-0.05, 0) is 65.7 Å². The molecular weight excluding hydrogens is 541 g/mol. The van der Waals surface area contributed by atoms with Crippen molar-refractivity contribution >= 4 is 18.4 Å². The van der Waals surface area contributed by atoms with Gasteiger partial charge in [-0.15, -0.1) is 0 Å². The van der Waals surface area contributed by atoms with Gasteiger partial charge in [-0.1, -0.05) is 153 Å². The molecule has 6 rings (SSSR count).